The monoisotopic (exact) mass is 492 g/mol. The van der Waals surface area contributed by atoms with Crippen LogP contribution in [0.25, 0.3) is 11.1 Å². The van der Waals surface area contributed by atoms with Crippen LogP contribution < -0.4 is 5.32 Å². The number of hydrogen-bond donors (Lipinski definition) is 3. The fourth-order valence-corrected chi connectivity index (χ4v) is 3.64. The molecule has 0 aliphatic heterocycles. The number of aliphatic hydroxyl groups excluding tert-OH is 1. The molecule has 3 aromatic rings. The minimum absolute atomic E-state index is 0.0836. The highest BCUT2D eigenvalue weighted by molar-refractivity contribution is 6.35. The van der Waals surface area contributed by atoms with E-state index < -0.39 is 24.0 Å². The van der Waals surface area contributed by atoms with Gasteiger partial charge in [0.2, 0.25) is 0 Å². The van der Waals surface area contributed by atoms with Crippen molar-refractivity contribution in [1.29, 1.82) is 0 Å². The molecule has 1 amide bonds. The van der Waals surface area contributed by atoms with Crippen molar-refractivity contribution in [2.75, 3.05) is 6.61 Å². The Bertz CT molecular complexity index is 1120. The largest absolute Gasteiger partial charge is 0.464 e. The van der Waals surface area contributed by atoms with Gasteiger partial charge in [0.15, 0.2) is 11.8 Å². The van der Waals surface area contributed by atoms with Crippen molar-refractivity contribution in [2.24, 2.45) is 0 Å². The molecule has 1 aromatic heterocycles. The molecule has 33 heavy (non-hydrogen) atoms. The average molecular weight is 493 g/mol. The Kier molecular flexibility index (Phi) is 8.26. The molecule has 0 saturated carbocycles. The fourth-order valence-electron chi connectivity index (χ4n) is 3.24. The summed E-state index contributed by atoms with van der Waals surface area (Å²) in [4.78, 5) is 24.8. The Hall–Kier alpha value is -3.14. The first-order chi connectivity index (χ1) is 15.8. The quantitative estimate of drug-likeness (QED) is 0.309. The molecule has 0 unspecified atom stereocenters. The van der Waals surface area contributed by atoms with E-state index in [1.807, 2.05) is 24.3 Å². The molecule has 2 atom stereocenters. The number of aromatic nitrogens is 3. The molecule has 0 saturated heterocycles. The molecule has 0 fully saturated rings. The average Bonchev–Trinajstić information content (AvgIpc) is 3.22. The molecular weight excluding hydrogens is 471 g/mol. The predicted molar refractivity (Wildman–Crippen MR) is 121 cm³/mol. The SMILES string of the molecule is CCOC(=O)[C@H](O)C[C@@H](Cc1ccc(-c2cc(Cl)ccc2Cl)cc1)NC(=O)c1cn(O)nn1. The highest BCUT2D eigenvalue weighted by Crippen LogP contribution is 2.30. The van der Waals surface area contributed by atoms with Crippen LogP contribution in [0.3, 0.4) is 0 Å². The van der Waals surface area contributed by atoms with Gasteiger partial charge in [0.1, 0.15) is 0 Å². The topological polar surface area (TPSA) is 127 Å². The maximum atomic E-state index is 12.5. The van der Waals surface area contributed by atoms with E-state index in [2.05, 4.69) is 15.6 Å². The minimum atomic E-state index is -1.42. The van der Waals surface area contributed by atoms with Crippen LogP contribution in [-0.2, 0) is 16.0 Å². The molecule has 174 valence electrons. The maximum Gasteiger partial charge on any atom is 0.335 e. The lowest BCUT2D eigenvalue weighted by Crippen LogP contribution is -2.41. The van der Waals surface area contributed by atoms with Crippen LogP contribution in [0.5, 0.6) is 0 Å². The molecule has 0 aliphatic rings. The number of nitrogens with zero attached hydrogens (tertiary/aromatic N) is 3. The summed E-state index contributed by atoms with van der Waals surface area (Å²) in [7, 11) is 0. The molecule has 9 nitrogen and oxygen atoms in total. The number of amides is 1. The molecule has 0 radical (unpaired) electrons. The zero-order valence-corrected chi connectivity index (χ0v) is 19.1. The Balaban J connectivity index is 1.77. The summed E-state index contributed by atoms with van der Waals surface area (Å²) in [6, 6.07) is 12.0. The molecule has 0 aliphatic carbocycles. The van der Waals surface area contributed by atoms with Gasteiger partial charge in [0, 0.05) is 28.1 Å². The van der Waals surface area contributed by atoms with Gasteiger partial charge in [0.25, 0.3) is 5.91 Å². The highest BCUT2D eigenvalue weighted by atomic mass is 35.5. The zero-order chi connectivity index (χ0) is 24.0. The standard InChI is InChI=1S/C22H22Cl2N4O5/c1-2-33-22(31)20(29)11-16(25-21(30)19-12-28(32)27-26-19)9-13-3-5-14(6-4-13)17-10-15(23)7-8-18(17)24/h3-8,10,12,16,20,29,32H,2,9,11H2,1H3,(H,25,30)/t16-,20-/m1/s1. The van der Waals surface area contributed by atoms with Gasteiger partial charge in [-0.15, -0.1) is 5.10 Å². The van der Waals surface area contributed by atoms with E-state index in [4.69, 9.17) is 27.9 Å². The predicted octanol–water partition coefficient (Wildman–Crippen LogP) is 3.14. The number of nitrogens with one attached hydrogen (secondary N) is 1. The van der Waals surface area contributed by atoms with Gasteiger partial charge in [0.05, 0.1) is 12.8 Å². The van der Waals surface area contributed by atoms with Crippen LogP contribution in [0.15, 0.2) is 48.7 Å². The van der Waals surface area contributed by atoms with Gasteiger partial charge in [-0.2, -0.15) is 0 Å². The maximum absolute atomic E-state index is 12.5. The Morgan fingerprint density at radius 2 is 1.91 bits per heavy atom. The van der Waals surface area contributed by atoms with Crippen molar-refractivity contribution in [3.05, 3.63) is 70.0 Å². The third kappa shape index (κ3) is 6.67. The number of ether oxygens (including phenoxy) is 1. The first-order valence-electron chi connectivity index (χ1n) is 10.1. The van der Waals surface area contributed by atoms with Crippen LogP contribution >= 0.6 is 23.2 Å². The third-order valence-corrected chi connectivity index (χ3v) is 5.36. The van der Waals surface area contributed by atoms with E-state index in [1.54, 1.807) is 25.1 Å². The lowest BCUT2D eigenvalue weighted by atomic mass is 9.97. The van der Waals surface area contributed by atoms with Crippen molar-refractivity contribution in [1.82, 2.24) is 20.5 Å². The summed E-state index contributed by atoms with van der Waals surface area (Å²) in [5.74, 6) is -1.39. The third-order valence-electron chi connectivity index (χ3n) is 4.79. The second-order valence-corrected chi connectivity index (χ2v) is 8.07. The van der Waals surface area contributed by atoms with Gasteiger partial charge < -0.3 is 20.4 Å². The Morgan fingerprint density at radius 3 is 2.55 bits per heavy atom. The lowest BCUT2D eigenvalue weighted by Gasteiger charge is -2.21. The van der Waals surface area contributed by atoms with Gasteiger partial charge in [-0.1, -0.05) is 52.3 Å². The number of esters is 1. The van der Waals surface area contributed by atoms with Gasteiger partial charge >= 0.3 is 5.97 Å². The second kappa shape index (κ2) is 11.1. The van der Waals surface area contributed by atoms with E-state index in [0.717, 1.165) is 22.9 Å². The number of rotatable bonds is 9. The normalized spacial score (nSPS) is 12.7. The summed E-state index contributed by atoms with van der Waals surface area (Å²) in [5, 5.41) is 30.2. The van der Waals surface area contributed by atoms with E-state index >= 15 is 0 Å². The molecule has 2 aromatic carbocycles. The Morgan fingerprint density at radius 1 is 1.18 bits per heavy atom. The van der Waals surface area contributed by atoms with Crippen LogP contribution in [0.2, 0.25) is 10.0 Å². The van der Waals surface area contributed by atoms with Crippen molar-refractivity contribution in [2.45, 2.75) is 31.9 Å². The number of aliphatic hydroxyl groups is 1. The number of benzene rings is 2. The summed E-state index contributed by atoms with van der Waals surface area (Å²) >= 11 is 12.4. The first kappa shape index (κ1) is 24.5. The molecular formula is C22H22Cl2N4O5. The molecule has 0 spiro atoms. The van der Waals surface area contributed by atoms with Crippen LogP contribution in [-0.4, -0.2) is 56.1 Å². The number of hydrogen-bond acceptors (Lipinski definition) is 7. The van der Waals surface area contributed by atoms with E-state index in [9.17, 15) is 19.9 Å². The molecule has 11 heteroatoms. The fraction of sp³-hybridized carbons (Fsp3) is 0.273. The smallest absolute Gasteiger partial charge is 0.335 e. The molecule has 1 heterocycles. The van der Waals surface area contributed by atoms with Crippen LogP contribution in [0.4, 0.5) is 0 Å². The van der Waals surface area contributed by atoms with E-state index in [-0.39, 0.29) is 18.7 Å². The first-order valence-corrected chi connectivity index (χ1v) is 10.8. The second-order valence-electron chi connectivity index (χ2n) is 7.22. The number of halogens is 2. The van der Waals surface area contributed by atoms with E-state index in [0.29, 0.717) is 21.3 Å². The van der Waals surface area contributed by atoms with Crippen molar-refractivity contribution >= 4 is 35.1 Å². The minimum Gasteiger partial charge on any atom is -0.464 e. The van der Waals surface area contributed by atoms with Crippen LogP contribution in [0.1, 0.15) is 29.4 Å². The van der Waals surface area contributed by atoms with Crippen molar-refractivity contribution in [3.8, 4) is 11.1 Å². The van der Waals surface area contributed by atoms with Gasteiger partial charge in [-0.3, -0.25) is 4.79 Å². The van der Waals surface area contributed by atoms with Crippen LogP contribution in [0, 0.1) is 0 Å². The van der Waals surface area contributed by atoms with E-state index in [1.165, 1.54) is 0 Å². The lowest BCUT2D eigenvalue weighted by molar-refractivity contribution is -0.153. The summed E-state index contributed by atoms with van der Waals surface area (Å²) < 4.78 is 4.85. The van der Waals surface area contributed by atoms with Crippen molar-refractivity contribution in [3.63, 3.8) is 0 Å². The summed E-state index contributed by atoms with van der Waals surface area (Å²) in [6.07, 6.45) is -0.163. The molecule has 3 N–H and O–H groups in total. The molecule has 3 rings (SSSR count). The van der Waals surface area contributed by atoms with Gasteiger partial charge in [-0.25, -0.2) is 4.79 Å². The molecule has 0 bridgehead atoms. The summed E-state index contributed by atoms with van der Waals surface area (Å²) in [6.45, 7) is 1.76. The number of carbonyl (C=O) groups is 2. The highest BCUT2D eigenvalue weighted by Gasteiger charge is 2.25. The zero-order valence-electron chi connectivity index (χ0n) is 17.6. The van der Waals surface area contributed by atoms with Gasteiger partial charge in [-0.05, 0) is 47.9 Å². The summed E-state index contributed by atoms with van der Waals surface area (Å²) in [5.41, 5.74) is 2.37. The van der Waals surface area contributed by atoms with Crippen molar-refractivity contribution < 1.29 is 24.6 Å². The Labute approximate surface area is 199 Å². The number of carbonyl (C=O) groups excluding carboxylic acids is 2.